The van der Waals surface area contributed by atoms with E-state index in [9.17, 15) is 0 Å². The molecule has 0 fully saturated rings. The van der Waals surface area contributed by atoms with Crippen LogP contribution in [0.3, 0.4) is 0 Å². The van der Waals surface area contributed by atoms with Gasteiger partial charge in [0.15, 0.2) is 17.3 Å². The van der Waals surface area contributed by atoms with Crippen LogP contribution < -0.4 is 9.64 Å². The Kier molecular flexibility index (Phi) is 3.83. The van der Waals surface area contributed by atoms with Crippen LogP contribution >= 0.6 is 11.6 Å². The lowest BCUT2D eigenvalue weighted by Crippen LogP contribution is -2.18. The molecule has 30 heavy (non-hydrogen) atoms. The van der Waals surface area contributed by atoms with E-state index in [0.29, 0.717) is 5.02 Å². The number of fused-ring (bicyclic) bond motifs is 4. The summed E-state index contributed by atoms with van der Waals surface area (Å²) in [7, 11) is 0. The number of benzene rings is 4. The minimum atomic E-state index is 0.712. The summed E-state index contributed by atoms with van der Waals surface area (Å²) in [4.78, 5) is 2.25. The van der Waals surface area contributed by atoms with Crippen molar-refractivity contribution >= 4 is 39.7 Å². The Balaban J connectivity index is 1.73. The van der Waals surface area contributed by atoms with Crippen LogP contribution in [-0.4, -0.2) is 4.57 Å². The average Bonchev–Trinajstić information content (AvgIpc) is 3.13. The van der Waals surface area contributed by atoms with Crippen LogP contribution in [-0.2, 0) is 0 Å². The molecule has 0 amide bonds. The second kappa shape index (κ2) is 6.68. The summed E-state index contributed by atoms with van der Waals surface area (Å²) in [5.41, 5.74) is 4.20. The van der Waals surface area contributed by atoms with Crippen LogP contribution in [0.1, 0.15) is 0 Å². The summed E-state index contributed by atoms with van der Waals surface area (Å²) in [6, 6.07) is 34.8. The molecule has 5 aromatic rings. The van der Waals surface area contributed by atoms with Crippen molar-refractivity contribution < 1.29 is 4.74 Å². The van der Waals surface area contributed by atoms with Gasteiger partial charge in [-0.25, -0.2) is 0 Å². The number of halogens is 1. The van der Waals surface area contributed by atoms with E-state index in [2.05, 4.69) is 64.1 Å². The molecule has 0 aliphatic carbocycles. The standard InChI is InChI=1S/C26H17ClN2O/c27-18-14-16-20(17-15-18)29-23-12-6-7-13-24(23)30-25-21-10-4-5-11-22(21)28(26(25)29)19-8-2-1-3-9-19/h1-17H. The van der Waals surface area contributed by atoms with Gasteiger partial charge >= 0.3 is 0 Å². The Bertz CT molecular complexity index is 1370. The molecule has 6 rings (SSSR count). The molecule has 2 heterocycles. The van der Waals surface area contributed by atoms with Crippen LogP contribution in [0.2, 0.25) is 5.02 Å². The molecule has 0 spiro atoms. The quantitative estimate of drug-likeness (QED) is 0.290. The fourth-order valence-corrected chi connectivity index (χ4v) is 4.27. The monoisotopic (exact) mass is 408 g/mol. The summed E-state index contributed by atoms with van der Waals surface area (Å²) in [6.07, 6.45) is 0. The smallest absolute Gasteiger partial charge is 0.178 e. The van der Waals surface area contributed by atoms with Crippen molar-refractivity contribution in [3.8, 4) is 17.2 Å². The van der Waals surface area contributed by atoms with Gasteiger partial charge in [0, 0.05) is 21.8 Å². The summed E-state index contributed by atoms with van der Waals surface area (Å²) in [5, 5.41) is 1.79. The van der Waals surface area contributed by atoms with Crippen molar-refractivity contribution in [3.63, 3.8) is 0 Å². The topological polar surface area (TPSA) is 17.4 Å². The number of rotatable bonds is 2. The van der Waals surface area contributed by atoms with Crippen molar-refractivity contribution in [2.75, 3.05) is 4.90 Å². The maximum absolute atomic E-state index is 6.48. The molecule has 0 radical (unpaired) electrons. The second-order valence-electron chi connectivity index (χ2n) is 7.22. The fourth-order valence-electron chi connectivity index (χ4n) is 4.14. The summed E-state index contributed by atoms with van der Waals surface area (Å²) >= 11 is 6.19. The number of anilines is 3. The Labute approximate surface area is 179 Å². The Morgan fingerprint density at radius 1 is 0.633 bits per heavy atom. The van der Waals surface area contributed by atoms with Gasteiger partial charge in [0.2, 0.25) is 0 Å². The first kappa shape index (κ1) is 17.2. The highest BCUT2D eigenvalue weighted by molar-refractivity contribution is 6.30. The van der Waals surface area contributed by atoms with Gasteiger partial charge in [0.25, 0.3) is 0 Å². The molecular formula is C26H17ClN2O. The molecular weight excluding hydrogens is 392 g/mol. The molecule has 0 saturated carbocycles. The predicted octanol–water partition coefficient (Wildman–Crippen LogP) is 7.86. The van der Waals surface area contributed by atoms with E-state index in [0.717, 1.165) is 45.3 Å². The van der Waals surface area contributed by atoms with Gasteiger partial charge < -0.3 is 4.74 Å². The van der Waals surface area contributed by atoms with Gasteiger partial charge in [-0.3, -0.25) is 9.47 Å². The van der Waals surface area contributed by atoms with E-state index in [1.165, 1.54) is 0 Å². The lowest BCUT2D eigenvalue weighted by Gasteiger charge is -2.32. The molecule has 1 aliphatic heterocycles. The van der Waals surface area contributed by atoms with E-state index in [1.54, 1.807) is 0 Å². The molecule has 3 nitrogen and oxygen atoms in total. The van der Waals surface area contributed by atoms with Crippen molar-refractivity contribution in [3.05, 3.63) is 108 Å². The molecule has 1 aliphatic rings. The van der Waals surface area contributed by atoms with Crippen molar-refractivity contribution in [2.45, 2.75) is 0 Å². The van der Waals surface area contributed by atoms with E-state index in [4.69, 9.17) is 16.3 Å². The number of para-hydroxylation sites is 4. The van der Waals surface area contributed by atoms with Gasteiger partial charge in [-0.1, -0.05) is 54.1 Å². The zero-order chi connectivity index (χ0) is 20.1. The number of ether oxygens (including phenoxy) is 1. The lowest BCUT2D eigenvalue weighted by atomic mass is 10.1. The Morgan fingerprint density at radius 2 is 1.33 bits per heavy atom. The third-order valence-electron chi connectivity index (χ3n) is 5.43. The van der Waals surface area contributed by atoms with Crippen LogP contribution in [0.4, 0.5) is 17.2 Å². The minimum Gasteiger partial charge on any atom is -0.451 e. The van der Waals surface area contributed by atoms with Gasteiger partial charge in [-0.05, 0) is 60.7 Å². The van der Waals surface area contributed by atoms with Gasteiger partial charge in [0.05, 0.1) is 11.2 Å². The molecule has 0 saturated heterocycles. The summed E-state index contributed by atoms with van der Waals surface area (Å²) in [6.45, 7) is 0. The number of hydrogen-bond donors (Lipinski definition) is 0. The fraction of sp³-hybridized carbons (Fsp3) is 0. The highest BCUT2D eigenvalue weighted by Crippen LogP contribution is 2.55. The zero-order valence-corrected chi connectivity index (χ0v) is 16.8. The zero-order valence-electron chi connectivity index (χ0n) is 16.0. The van der Waals surface area contributed by atoms with Crippen LogP contribution in [0.5, 0.6) is 11.5 Å². The Morgan fingerprint density at radius 3 is 2.17 bits per heavy atom. The van der Waals surface area contributed by atoms with Crippen LogP contribution in [0.15, 0.2) is 103 Å². The molecule has 4 heteroatoms. The normalized spacial score (nSPS) is 12.4. The van der Waals surface area contributed by atoms with E-state index in [1.807, 2.05) is 48.5 Å². The van der Waals surface area contributed by atoms with E-state index in [-0.39, 0.29) is 0 Å². The second-order valence-corrected chi connectivity index (χ2v) is 7.66. The molecule has 144 valence electrons. The SMILES string of the molecule is Clc1ccc(N2c3ccccc3Oc3c2n(-c2ccccc2)c2ccccc32)cc1. The maximum Gasteiger partial charge on any atom is 0.178 e. The number of hydrogen-bond acceptors (Lipinski definition) is 2. The molecule has 0 atom stereocenters. The van der Waals surface area contributed by atoms with Gasteiger partial charge in [0.1, 0.15) is 0 Å². The molecule has 1 aromatic heterocycles. The number of nitrogens with zero attached hydrogens (tertiary/aromatic N) is 2. The first-order valence-electron chi connectivity index (χ1n) is 9.83. The molecule has 0 bridgehead atoms. The van der Waals surface area contributed by atoms with E-state index < -0.39 is 0 Å². The average molecular weight is 409 g/mol. The third kappa shape index (κ3) is 2.53. The Hall–Kier alpha value is -3.69. The van der Waals surface area contributed by atoms with Crippen molar-refractivity contribution in [1.29, 1.82) is 0 Å². The lowest BCUT2D eigenvalue weighted by molar-refractivity contribution is 0.481. The minimum absolute atomic E-state index is 0.712. The summed E-state index contributed by atoms with van der Waals surface area (Å²) < 4.78 is 8.74. The van der Waals surface area contributed by atoms with Crippen molar-refractivity contribution in [2.24, 2.45) is 0 Å². The van der Waals surface area contributed by atoms with Gasteiger partial charge in [-0.2, -0.15) is 0 Å². The highest BCUT2D eigenvalue weighted by atomic mass is 35.5. The van der Waals surface area contributed by atoms with Crippen LogP contribution in [0, 0.1) is 0 Å². The first-order chi connectivity index (χ1) is 14.8. The van der Waals surface area contributed by atoms with Crippen LogP contribution in [0.25, 0.3) is 16.6 Å². The molecule has 0 unspecified atom stereocenters. The third-order valence-corrected chi connectivity index (χ3v) is 5.69. The molecule has 0 N–H and O–H groups in total. The van der Waals surface area contributed by atoms with Crippen molar-refractivity contribution in [1.82, 2.24) is 4.57 Å². The van der Waals surface area contributed by atoms with Gasteiger partial charge in [-0.15, -0.1) is 0 Å². The summed E-state index contributed by atoms with van der Waals surface area (Å²) in [5.74, 6) is 2.66. The van der Waals surface area contributed by atoms with E-state index >= 15 is 0 Å². The molecule has 4 aromatic carbocycles. The predicted molar refractivity (Wildman–Crippen MR) is 123 cm³/mol. The highest BCUT2D eigenvalue weighted by Gasteiger charge is 2.32. The first-order valence-corrected chi connectivity index (χ1v) is 10.2. The number of aromatic nitrogens is 1. The largest absolute Gasteiger partial charge is 0.451 e. The maximum atomic E-state index is 6.48.